The number of halogens is 1. The van der Waals surface area contributed by atoms with Gasteiger partial charge in [-0.15, -0.1) is 0 Å². The van der Waals surface area contributed by atoms with Crippen molar-refractivity contribution in [2.75, 3.05) is 0 Å². The first-order valence-electron chi connectivity index (χ1n) is 3.40. The number of urea groups is 1. The lowest BCUT2D eigenvalue weighted by Gasteiger charge is -2.24. The molecule has 11 heavy (non-hydrogen) atoms. The molecule has 2 N–H and O–H groups in total. The van der Waals surface area contributed by atoms with Crippen LogP contribution in [0.5, 0.6) is 0 Å². The summed E-state index contributed by atoms with van der Waals surface area (Å²) in [5.74, 6) is -0.847. The first-order valence-corrected chi connectivity index (χ1v) is 3.40. The van der Waals surface area contributed by atoms with Gasteiger partial charge in [-0.2, -0.15) is 0 Å². The Bertz CT molecular complexity index is 195. The summed E-state index contributed by atoms with van der Waals surface area (Å²) < 4.78 is 12.8. The van der Waals surface area contributed by atoms with Gasteiger partial charge in [0.15, 0.2) is 6.17 Å². The number of rotatable bonds is 1. The first-order chi connectivity index (χ1) is 5.15. The molecule has 0 radical (unpaired) electrons. The molecule has 2 atom stereocenters. The van der Waals surface area contributed by atoms with Crippen LogP contribution in [0.3, 0.4) is 0 Å². The molecule has 1 aliphatic heterocycles. The Morgan fingerprint density at radius 2 is 2.18 bits per heavy atom. The third-order valence-electron chi connectivity index (χ3n) is 1.60. The fraction of sp³-hybridized carbons (Fsp3) is 0.667. The molecule has 0 aromatic heterocycles. The maximum atomic E-state index is 12.8. The van der Waals surface area contributed by atoms with E-state index in [-0.39, 0.29) is 0 Å². The fourth-order valence-corrected chi connectivity index (χ4v) is 0.950. The third-order valence-corrected chi connectivity index (χ3v) is 1.60. The van der Waals surface area contributed by atoms with E-state index in [1.54, 1.807) is 6.92 Å². The molecule has 1 heterocycles. The molecule has 0 spiro atoms. The van der Waals surface area contributed by atoms with Gasteiger partial charge in [-0.05, 0) is 6.42 Å². The molecule has 0 saturated carbocycles. The molecule has 3 amide bonds. The minimum absolute atomic E-state index is 0.417. The first kappa shape index (κ1) is 7.97. The average Bonchev–Trinajstić information content (AvgIpc) is 1.96. The Morgan fingerprint density at radius 3 is 2.73 bits per heavy atom. The van der Waals surface area contributed by atoms with Gasteiger partial charge in [-0.1, -0.05) is 6.92 Å². The van der Waals surface area contributed by atoms with Crippen LogP contribution in [0.25, 0.3) is 0 Å². The smallest absolute Gasteiger partial charge is 0.321 e. The summed E-state index contributed by atoms with van der Waals surface area (Å²) in [7, 11) is 0. The van der Waals surface area contributed by atoms with Crippen LogP contribution in [0.2, 0.25) is 0 Å². The van der Waals surface area contributed by atoms with Crippen LogP contribution in [-0.2, 0) is 4.79 Å². The summed E-state index contributed by atoms with van der Waals surface area (Å²) in [6.45, 7) is 1.70. The zero-order chi connectivity index (χ0) is 8.43. The van der Waals surface area contributed by atoms with Gasteiger partial charge < -0.3 is 5.32 Å². The van der Waals surface area contributed by atoms with Crippen LogP contribution < -0.4 is 10.6 Å². The second-order valence-corrected chi connectivity index (χ2v) is 2.38. The number of carbonyl (C=O) groups is 2. The zero-order valence-corrected chi connectivity index (χ0v) is 6.06. The SMILES string of the molecule is CCC1NC(=O)NC(=O)C1F. The summed E-state index contributed by atoms with van der Waals surface area (Å²) in [4.78, 5) is 21.2. The van der Waals surface area contributed by atoms with Crippen LogP contribution in [0, 0.1) is 0 Å². The van der Waals surface area contributed by atoms with E-state index in [0.717, 1.165) is 0 Å². The largest absolute Gasteiger partial charge is 0.332 e. The Labute approximate surface area is 63.1 Å². The molecule has 1 saturated heterocycles. The van der Waals surface area contributed by atoms with E-state index in [2.05, 4.69) is 5.32 Å². The van der Waals surface area contributed by atoms with Crippen molar-refractivity contribution in [3.8, 4) is 0 Å². The lowest BCUT2D eigenvalue weighted by Crippen LogP contribution is -2.59. The summed E-state index contributed by atoms with van der Waals surface area (Å²) in [5.41, 5.74) is 0. The molecule has 4 nitrogen and oxygen atoms in total. The van der Waals surface area contributed by atoms with E-state index in [1.165, 1.54) is 0 Å². The molecule has 0 aliphatic carbocycles. The molecule has 0 aromatic carbocycles. The summed E-state index contributed by atoms with van der Waals surface area (Å²) in [5, 5.41) is 4.13. The van der Waals surface area contributed by atoms with Crippen molar-refractivity contribution in [1.29, 1.82) is 0 Å². The van der Waals surface area contributed by atoms with Gasteiger partial charge in [-0.3, -0.25) is 10.1 Å². The van der Waals surface area contributed by atoms with Crippen LogP contribution in [-0.4, -0.2) is 24.2 Å². The minimum Gasteiger partial charge on any atom is -0.332 e. The van der Waals surface area contributed by atoms with Crippen LogP contribution >= 0.6 is 0 Å². The number of carbonyl (C=O) groups excluding carboxylic acids is 2. The summed E-state index contributed by atoms with van der Waals surface area (Å²) in [6, 6.07) is -1.29. The van der Waals surface area contributed by atoms with E-state index in [4.69, 9.17) is 0 Å². The van der Waals surface area contributed by atoms with E-state index in [1.807, 2.05) is 5.32 Å². The maximum Gasteiger partial charge on any atom is 0.321 e. The number of nitrogens with one attached hydrogen (secondary N) is 2. The standard InChI is InChI=1S/C6H9FN2O2/c1-2-3-4(7)5(10)9-6(11)8-3/h3-4H,2H2,1H3,(H2,8,9,10,11). The molecule has 0 bridgehead atoms. The molecule has 1 rings (SSSR count). The van der Waals surface area contributed by atoms with Crippen molar-refractivity contribution >= 4 is 11.9 Å². The Morgan fingerprint density at radius 1 is 1.55 bits per heavy atom. The molecule has 1 aliphatic rings. The quantitative estimate of drug-likeness (QED) is 0.564. The second kappa shape index (κ2) is 2.86. The molecular formula is C6H9FN2O2. The van der Waals surface area contributed by atoms with Crippen molar-refractivity contribution in [1.82, 2.24) is 10.6 Å². The van der Waals surface area contributed by atoms with E-state index in [9.17, 15) is 14.0 Å². The van der Waals surface area contributed by atoms with Crippen LogP contribution in [0.15, 0.2) is 0 Å². The number of hydrogen-bond donors (Lipinski definition) is 2. The highest BCUT2D eigenvalue weighted by Gasteiger charge is 2.33. The number of amides is 3. The van der Waals surface area contributed by atoms with Crippen molar-refractivity contribution in [2.24, 2.45) is 0 Å². The van der Waals surface area contributed by atoms with Crippen molar-refractivity contribution in [3.05, 3.63) is 0 Å². The van der Waals surface area contributed by atoms with E-state index >= 15 is 0 Å². The Hall–Kier alpha value is -1.13. The predicted molar refractivity (Wildman–Crippen MR) is 35.6 cm³/mol. The molecule has 2 unspecified atom stereocenters. The minimum atomic E-state index is -1.61. The number of imide groups is 1. The summed E-state index contributed by atoms with van der Waals surface area (Å²) in [6.07, 6.45) is -1.20. The highest BCUT2D eigenvalue weighted by atomic mass is 19.1. The van der Waals surface area contributed by atoms with Gasteiger partial charge in [0.05, 0.1) is 6.04 Å². The van der Waals surface area contributed by atoms with Gasteiger partial charge in [0, 0.05) is 0 Å². The van der Waals surface area contributed by atoms with Gasteiger partial charge in [-0.25, -0.2) is 9.18 Å². The number of alkyl halides is 1. The molecular weight excluding hydrogens is 151 g/mol. The van der Waals surface area contributed by atoms with Crippen LogP contribution in [0.1, 0.15) is 13.3 Å². The molecule has 1 fully saturated rings. The molecule has 0 aromatic rings. The Kier molecular flexibility index (Phi) is 2.07. The van der Waals surface area contributed by atoms with E-state index in [0.29, 0.717) is 6.42 Å². The predicted octanol–water partition coefficient (Wildman–Crippen LogP) is -0.0575. The zero-order valence-electron chi connectivity index (χ0n) is 6.06. The van der Waals surface area contributed by atoms with E-state index < -0.39 is 24.2 Å². The van der Waals surface area contributed by atoms with Gasteiger partial charge in [0.25, 0.3) is 5.91 Å². The monoisotopic (exact) mass is 160 g/mol. The third kappa shape index (κ3) is 1.47. The average molecular weight is 160 g/mol. The highest BCUT2D eigenvalue weighted by molar-refractivity contribution is 5.99. The fourth-order valence-electron chi connectivity index (χ4n) is 0.950. The van der Waals surface area contributed by atoms with Gasteiger partial charge in [0.1, 0.15) is 0 Å². The van der Waals surface area contributed by atoms with Crippen molar-refractivity contribution < 1.29 is 14.0 Å². The van der Waals surface area contributed by atoms with Gasteiger partial charge >= 0.3 is 6.03 Å². The lowest BCUT2D eigenvalue weighted by molar-refractivity contribution is -0.126. The van der Waals surface area contributed by atoms with Crippen molar-refractivity contribution in [3.63, 3.8) is 0 Å². The van der Waals surface area contributed by atoms with Crippen LogP contribution in [0.4, 0.5) is 9.18 Å². The highest BCUT2D eigenvalue weighted by Crippen LogP contribution is 2.06. The normalized spacial score (nSPS) is 31.1. The lowest BCUT2D eigenvalue weighted by atomic mass is 10.1. The summed E-state index contributed by atoms with van der Waals surface area (Å²) >= 11 is 0. The number of hydrogen-bond acceptors (Lipinski definition) is 2. The maximum absolute atomic E-state index is 12.8. The van der Waals surface area contributed by atoms with Crippen molar-refractivity contribution in [2.45, 2.75) is 25.6 Å². The molecule has 5 heteroatoms. The topological polar surface area (TPSA) is 58.2 Å². The van der Waals surface area contributed by atoms with Gasteiger partial charge in [0.2, 0.25) is 0 Å². The second-order valence-electron chi connectivity index (χ2n) is 2.38. The molecule has 62 valence electrons. The Balaban J connectivity index is 2.66.